The van der Waals surface area contributed by atoms with Gasteiger partial charge in [0.1, 0.15) is 24.2 Å². The maximum atomic E-state index is 2.03. The Labute approximate surface area is 112 Å². The average Bonchev–Trinajstić information content (AvgIpc) is 3.12. The van der Waals surface area contributed by atoms with Crippen molar-refractivity contribution < 1.29 is 0 Å². The Morgan fingerprint density at radius 2 is 1.78 bits per heavy atom. The fourth-order valence-electron chi connectivity index (χ4n) is 5.88. The second-order valence-electron chi connectivity index (χ2n) is 8.30. The van der Waals surface area contributed by atoms with Crippen LogP contribution < -0.4 is 0 Å². The van der Waals surface area contributed by atoms with Crippen molar-refractivity contribution in [3.05, 3.63) is 5.92 Å². The van der Waals surface area contributed by atoms with Crippen LogP contribution in [0.2, 0.25) is 0 Å². The van der Waals surface area contributed by atoms with Crippen molar-refractivity contribution in [3.8, 4) is 0 Å². The zero-order chi connectivity index (χ0) is 11.7. The highest BCUT2D eigenvalue weighted by Crippen LogP contribution is 2.77. The molecule has 0 amide bonds. The van der Waals surface area contributed by atoms with Crippen LogP contribution in [0.1, 0.15) is 64.2 Å². The SMILES string of the molecule is C1CC(CCCC2CC(C3C4CC5C[C+]5C43)C2)C1. The average molecular weight is 243 g/mol. The summed E-state index contributed by atoms with van der Waals surface area (Å²) in [6, 6.07) is 0. The molecule has 0 aromatic heterocycles. The van der Waals surface area contributed by atoms with Gasteiger partial charge < -0.3 is 0 Å². The van der Waals surface area contributed by atoms with Crippen LogP contribution in [0.25, 0.3) is 0 Å². The van der Waals surface area contributed by atoms with Crippen LogP contribution in [0, 0.1) is 47.3 Å². The zero-order valence-corrected chi connectivity index (χ0v) is 11.6. The van der Waals surface area contributed by atoms with E-state index in [0.717, 1.165) is 17.8 Å². The molecule has 0 radical (unpaired) electrons. The van der Waals surface area contributed by atoms with Gasteiger partial charge in [-0.25, -0.2) is 0 Å². The first-order valence-electron chi connectivity index (χ1n) is 8.75. The fraction of sp³-hybridized carbons (Fsp3) is 0.944. The second kappa shape index (κ2) is 3.70. The first-order valence-corrected chi connectivity index (χ1v) is 8.75. The molecule has 0 aliphatic heterocycles. The second-order valence-corrected chi connectivity index (χ2v) is 8.30. The normalized spacial score (nSPS) is 52.3. The molecule has 0 aromatic carbocycles. The van der Waals surface area contributed by atoms with Gasteiger partial charge in [0.15, 0.2) is 0 Å². The van der Waals surface area contributed by atoms with E-state index >= 15 is 0 Å². The van der Waals surface area contributed by atoms with Crippen LogP contribution in [0.3, 0.4) is 0 Å². The van der Waals surface area contributed by atoms with E-state index in [2.05, 4.69) is 0 Å². The topological polar surface area (TPSA) is 0 Å². The highest BCUT2D eigenvalue weighted by Gasteiger charge is 2.79. The Bertz CT molecular complexity index is 336. The third-order valence-electron chi connectivity index (χ3n) is 7.33. The largest absolute Gasteiger partial charge is 0.141 e. The third-order valence-corrected chi connectivity index (χ3v) is 7.33. The van der Waals surface area contributed by atoms with Crippen LogP contribution in [-0.2, 0) is 0 Å². The molecular weight excluding hydrogens is 216 g/mol. The van der Waals surface area contributed by atoms with Crippen LogP contribution >= 0.6 is 0 Å². The molecule has 5 aliphatic carbocycles. The van der Waals surface area contributed by atoms with Gasteiger partial charge in [0.05, 0.1) is 0 Å². The lowest BCUT2D eigenvalue weighted by molar-refractivity contribution is 0.138. The minimum Gasteiger partial charge on any atom is -0.0528 e. The van der Waals surface area contributed by atoms with Crippen molar-refractivity contribution in [1.29, 1.82) is 0 Å². The van der Waals surface area contributed by atoms with Crippen LogP contribution in [0.4, 0.5) is 0 Å². The summed E-state index contributed by atoms with van der Waals surface area (Å²) in [4.78, 5) is 0. The standard InChI is InChI=1S/C18H27/c1-3-11(4-1)5-2-6-12-7-14(8-12)17-16-10-13-9-15(13)18(16)17/h11-14,16-18H,1-10H2/q+1. The van der Waals surface area contributed by atoms with Gasteiger partial charge in [0, 0.05) is 18.3 Å². The Balaban J connectivity index is 1.03. The molecule has 0 spiro atoms. The number of fused-ring (bicyclic) bond motifs is 3. The predicted octanol–water partition coefficient (Wildman–Crippen LogP) is 4.84. The van der Waals surface area contributed by atoms with E-state index < -0.39 is 0 Å². The summed E-state index contributed by atoms with van der Waals surface area (Å²) >= 11 is 0. The molecular formula is C18H27+. The molecule has 0 heteroatoms. The van der Waals surface area contributed by atoms with Gasteiger partial charge >= 0.3 is 0 Å². The van der Waals surface area contributed by atoms with Gasteiger partial charge in [-0.3, -0.25) is 0 Å². The summed E-state index contributed by atoms with van der Waals surface area (Å²) < 4.78 is 0. The first kappa shape index (κ1) is 10.6. The highest BCUT2D eigenvalue weighted by atomic mass is 14.7. The lowest BCUT2D eigenvalue weighted by Gasteiger charge is -2.36. The molecule has 0 bridgehead atoms. The Kier molecular flexibility index (Phi) is 2.19. The minimum absolute atomic E-state index is 1.15. The summed E-state index contributed by atoms with van der Waals surface area (Å²) in [5.41, 5.74) is 0. The van der Waals surface area contributed by atoms with E-state index in [-0.39, 0.29) is 0 Å². The number of hydrogen-bond acceptors (Lipinski definition) is 0. The maximum absolute atomic E-state index is 2.03. The van der Waals surface area contributed by atoms with E-state index in [4.69, 9.17) is 0 Å². The molecule has 4 unspecified atom stereocenters. The van der Waals surface area contributed by atoms with E-state index in [0.29, 0.717) is 0 Å². The Morgan fingerprint density at radius 1 is 0.944 bits per heavy atom. The molecule has 0 nitrogen and oxygen atoms in total. The van der Waals surface area contributed by atoms with Crippen molar-refractivity contribution in [3.63, 3.8) is 0 Å². The van der Waals surface area contributed by atoms with E-state index in [1.54, 1.807) is 57.8 Å². The van der Waals surface area contributed by atoms with Gasteiger partial charge in [-0.1, -0.05) is 38.5 Å². The monoisotopic (exact) mass is 243 g/mol. The first-order chi connectivity index (χ1) is 8.90. The molecule has 5 aliphatic rings. The van der Waals surface area contributed by atoms with Crippen LogP contribution in [0.5, 0.6) is 0 Å². The molecule has 0 saturated heterocycles. The van der Waals surface area contributed by atoms with Crippen LogP contribution in [0.15, 0.2) is 0 Å². The minimum atomic E-state index is 1.15. The van der Waals surface area contributed by atoms with E-state index in [1.165, 1.54) is 30.1 Å². The van der Waals surface area contributed by atoms with Crippen molar-refractivity contribution in [2.75, 3.05) is 0 Å². The summed E-state index contributed by atoms with van der Waals surface area (Å²) in [6.45, 7) is 0. The third kappa shape index (κ3) is 1.53. The van der Waals surface area contributed by atoms with Crippen molar-refractivity contribution in [2.45, 2.75) is 64.2 Å². The number of hydrogen-bond donors (Lipinski definition) is 0. The molecule has 98 valence electrons. The molecule has 0 aromatic rings. The van der Waals surface area contributed by atoms with Gasteiger partial charge in [-0.2, -0.15) is 0 Å². The van der Waals surface area contributed by atoms with Gasteiger partial charge in [0.2, 0.25) is 0 Å². The lowest BCUT2D eigenvalue weighted by Crippen LogP contribution is -2.27. The maximum Gasteiger partial charge on any atom is 0.141 e. The molecule has 5 fully saturated rings. The summed E-state index contributed by atoms with van der Waals surface area (Å²) in [5.74, 6) is 10.2. The smallest absolute Gasteiger partial charge is 0.0528 e. The highest BCUT2D eigenvalue weighted by molar-refractivity contribution is 5.34. The van der Waals surface area contributed by atoms with Gasteiger partial charge in [-0.15, -0.1) is 0 Å². The molecule has 0 heterocycles. The van der Waals surface area contributed by atoms with Gasteiger partial charge in [-0.05, 0) is 30.6 Å². The summed E-state index contributed by atoms with van der Waals surface area (Å²) in [6.07, 6.45) is 15.8. The summed E-state index contributed by atoms with van der Waals surface area (Å²) in [5, 5.41) is 0. The van der Waals surface area contributed by atoms with Crippen LogP contribution in [-0.4, -0.2) is 0 Å². The Morgan fingerprint density at radius 3 is 2.44 bits per heavy atom. The van der Waals surface area contributed by atoms with E-state index in [9.17, 15) is 0 Å². The van der Waals surface area contributed by atoms with Crippen molar-refractivity contribution in [1.82, 2.24) is 0 Å². The molecule has 5 saturated carbocycles. The fourth-order valence-corrected chi connectivity index (χ4v) is 5.88. The Hall–Kier alpha value is -0.130. The van der Waals surface area contributed by atoms with Gasteiger partial charge in [0.25, 0.3) is 0 Å². The van der Waals surface area contributed by atoms with Crippen molar-refractivity contribution >= 4 is 0 Å². The van der Waals surface area contributed by atoms with Crippen molar-refractivity contribution in [2.24, 2.45) is 41.4 Å². The quantitative estimate of drug-likeness (QED) is 0.606. The lowest BCUT2D eigenvalue weighted by atomic mass is 9.68. The molecule has 18 heavy (non-hydrogen) atoms. The summed E-state index contributed by atoms with van der Waals surface area (Å²) in [7, 11) is 0. The molecule has 5 rings (SSSR count). The number of rotatable bonds is 5. The molecule has 4 atom stereocenters. The zero-order valence-electron chi connectivity index (χ0n) is 11.6. The van der Waals surface area contributed by atoms with E-state index in [1.807, 2.05) is 5.92 Å². The molecule has 0 N–H and O–H groups in total. The predicted molar refractivity (Wildman–Crippen MR) is 73.8 cm³/mol.